The minimum absolute atomic E-state index is 0.0649. The zero-order chi connectivity index (χ0) is 21.8. The Bertz CT molecular complexity index is 1130. The van der Waals surface area contributed by atoms with Gasteiger partial charge in [-0.3, -0.25) is 0 Å². The van der Waals surface area contributed by atoms with E-state index in [9.17, 15) is 17.6 Å². The highest BCUT2D eigenvalue weighted by molar-refractivity contribution is 5.62. The number of ether oxygens (including phenoxy) is 1. The Balaban J connectivity index is 1.53. The molecule has 1 aliphatic heterocycles. The molecule has 0 aromatic carbocycles. The number of rotatable bonds is 5. The van der Waals surface area contributed by atoms with E-state index in [1.807, 2.05) is 0 Å². The normalized spacial score (nSPS) is 23.1. The van der Waals surface area contributed by atoms with Crippen LogP contribution in [0.25, 0.3) is 17.0 Å². The molecule has 1 saturated heterocycles. The summed E-state index contributed by atoms with van der Waals surface area (Å²) in [4.78, 5) is 12.3. The molecule has 0 unspecified atom stereocenters. The number of fused-ring (bicyclic) bond motifs is 1. The summed E-state index contributed by atoms with van der Waals surface area (Å²) in [6, 6.07) is 1.04. The summed E-state index contributed by atoms with van der Waals surface area (Å²) in [5, 5.41) is 10.2. The fourth-order valence-electron chi connectivity index (χ4n) is 3.94. The average Bonchev–Trinajstić information content (AvgIpc) is 3.32. The molecule has 3 aromatic heterocycles. The molecule has 164 valence electrons. The summed E-state index contributed by atoms with van der Waals surface area (Å²) in [7, 11) is 1.43. The summed E-state index contributed by atoms with van der Waals surface area (Å²) in [5.74, 6) is -3.52. The molecule has 31 heavy (non-hydrogen) atoms. The molecule has 0 radical (unpaired) electrons. The predicted octanol–water partition coefficient (Wildman–Crippen LogP) is 2.57. The van der Waals surface area contributed by atoms with Gasteiger partial charge in [0.15, 0.2) is 11.5 Å². The molecule has 0 bridgehead atoms. The lowest BCUT2D eigenvalue weighted by Gasteiger charge is -2.34. The van der Waals surface area contributed by atoms with E-state index in [1.54, 1.807) is 6.07 Å². The molecular formula is C19H19F4N7O. The van der Waals surface area contributed by atoms with Gasteiger partial charge in [-0.15, -0.1) is 0 Å². The third-order valence-corrected chi connectivity index (χ3v) is 5.62. The van der Waals surface area contributed by atoms with E-state index in [-0.39, 0.29) is 36.7 Å². The number of halogens is 4. The first-order valence-electron chi connectivity index (χ1n) is 9.79. The van der Waals surface area contributed by atoms with Gasteiger partial charge in [-0.25, -0.2) is 37.0 Å². The van der Waals surface area contributed by atoms with Gasteiger partial charge in [0.2, 0.25) is 11.9 Å². The van der Waals surface area contributed by atoms with Crippen LogP contribution in [-0.4, -0.2) is 62.9 Å². The second kappa shape index (κ2) is 7.29. The quantitative estimate of drug-likeness (QED) is 0.593. The van der Waals surface area contributed by atoms with Crippen molar-refractivity contribution in [2.75, 3.05) is 25.5 Å². The average molecular weight is 437 g/mol. The van der Waals surface area contributed by atoms with Crippen LogP contribution in [0.2, 0.25) is 0 Å². The van der Waals surface area contributed by atoms with Crippen molar-refractivity contribution in [1.82, 2.24) is 29.9 Å². The van der Waals surface area contributed by atoms with Gasteiger partial charge in [0.25, 0.3) is 0 Å². The van der Waals surface area contributed by atoms with E-state index in [1.165, 1.54) is 17.8 Å². The van der Waals surface area contributed by atoms with Gasteiger partial charge in [0.1, 0.15) is 29.0 Å². The van der Waals surface area contributed by atoms with Crippen LogP contribution in [0, 0.1) is 5.82 Å². The maximum absolute atomic E-state index is 14.6. The largest absolute Gasteiger partial charge is 0.495 e. The number of hydrogen-bond donors (Lipinski definition) is 2. The first kappa shape index (κ1) is 19.9. The standard InChI is InChI=1S/C19H19F4N7O/c1-31-14-2-15-25-8-13(30(15)29-16(14)9-3-19(22,23)4-9)17-11(21)6-26-18(28-17)27-12-7-24-5-10(12)20/h2,6,8-10,12,24H,3-5,7H2,1H3,(H,26,27,28)/t10-,12-/m0/s1. The van der Waals surface area contributed by atoms with Crippen LogP contribution < -0.4 is 15.4 Å². The molecule has 5 rings (SSSR count). The Labute approximate surface area is 174 Å². The van der Waals surface area contributed by atoms with E-state index in [4.69, 9.17) is 4.74 Å². The van der Waals surface area contributed by atoms with Crippen molar-refractivity contribution in [3.8, 4) is 17.1 Å². The number of nitrogens with zero attached hydrogens (tertiary/aromatic N) is 5. The number of anilines is 1. The van der Waals surface area contributed by atoms with Gasteiger partial charge in [0.05, 0.1) is 25.5 Å². The lowest BCUT2D eigenvalue weighted by molar-refractivity contribution is -0.0881. The second-order valence-corrected chi connectivity index (χ2v) is 7.79. The Morgan fingerprint density at radius 1 is 1.23 bits per heavy atom. The van der Waals surface area contributed by atoms with Gasteiger partial charge >= 0.3 is 0 Å². The summed E-state index contributed by atoms with van der Waals surface area (Å²) >= 11 is 0. The minimum atomic E-state index is -2.73. The van der Waals surface area contributed by atoms with E-state index in [0.717, 1.165) is 6.20 Å². The Morgan fingerprint density at radius 2 is 2.03 bits per heavy atom. The molecule has 2 N–H and O–H groups in total. The fraction of sp³-hybridized carbons (Fsp3) is 0.474. The molecule has 4 heterocycles. The summed E-state index contributed by atoms with van der Waals surface area (Å²) < 4.78 is 61.9. The smallest absolute Gasteiger partial charge is 0.249 e. The van der Waals surface area contributed by atoms with Crippen LogP contribution >= 0.6 is 0 Å². The van der Waals surface area contributed by atoms with E-state index in [0.29, 0.717) is 23.6 Å². The molecule has 2 aliphatic rings. The van der Waals surface area contributed by atoms with E-state index >= 15 is 0 Å². The van der Waals surface area contributed by atoms with Crippen molar-refractivity contribution < 1.29 is 22.3 Å². The SMILES string of the molecule is COc1cc2ncc(-c3nc(N[C@H]4CNC[C@@H]4F)ncc3F)n2nc1C1CC(F)(F)C1. The number of imidazole rings is 1. The highest BCUT2D eigenvalue weighted by Crippen LogP contribution is 2.49. The first-order chi connectivity index (χ1) is 14.8. The number of nitrogens with one attached hydrogen (secondary N) is 2. The number of alkyl halides is 3. The zero-order valence-corrected chi connectivity index (χ0v) is 16.4. The lowest BCUT2D eigenvalue weighted by Crippen LogP contribution is -2.34. The maximum Gasteiger partial charge on any atom is 0.249 e. The highest BCUT2D eigenvalue weighted by Gasteiger charge is 2.48. The van der Waals surface area contributed by atoms with Crippen LogP contribution in [0.5, 0.6) is 5.75 Å². The van der Waals surface area contributed by atoms with Crippen LogP contribution in [0.1, 0.15) is 24.5 Å². The molecule has 8 nitrogen and oxygen atoms in total. The third-order valence-electron chi connectivity index (χ3n) is 5.62. The van der Waals surface area contributed by atoms with Crippen molar-refractivity contribution in [1.29, 1.82) is 0 Å². The molecule has 1 saturated carbocycles. The van der Waals surface area contributed by atoms with Crippen molar-refractivity contribution in [3.63, 3.8) is 0 Å². The van der Waals surface area contributed by atoms with Crippen LogP contribution in [0.15, 0.2) is 18.5 Å². The van der Waals surface area contributed by atoms with Gasteiger partial charge in [0, 0.05) is 37.9 Å². The fourth-order valence-corrected chi connectivity index (χ4v) is 3.94. The number of aromatic nitrogens is 5. The van der Waals surface area contributed by atoms with Gasteiger partial charge in [-0.2, -0.15) is 5.10 Å². The Kier molecular flexibility index (Phi) is 4.68. The Hall–Kier alpha value is -3.02. The highest BCUT2D eigenvalue weighted by atomic mass is 19.3. The second-order valence-electron chi connectivity index (χ2n) is 7.79. The Morgan fingerprint density at radius 3 is 2.71 bits per heavy atom. The molecular weight excluding hydrogens is 418 g/mol. The summed E-state index contributed by atoms with van der Waals surface area (Å²) in [6.45, 7) is 0.608. The molecule has 0 spiro atoms. The van der Waals surface area contributed by atoms with Gasteiger partial charge in [-0.1, -0.05) is 0 Å². The van der Waals surface area contributed by atoms with Crippen LogP contribution in [0.4, 0.5) is 23.5 Å². The van der Waals surface area contributed by atoms with Gasteiger partial charge in [-0.05, 0) is 0 Å². The van der Waals surface area contributed by atoms with Gasteiger partial charge < -0.3 is 15.4 Å². The molecule has 12 heteroatoms. The van der Waals surface area contributed by atoms with Crippen molar-refractivity contribution >= 4 is 11.6 Å². The third kappa shape index (κ3) is 3.54. The van der Waals surface area contributed by atoms with Crippen molar-refractivity contribution in [2.24, 2.45) is 0 Å². The molecule has 3 aromatic rings. The zero-order valence-electron chi connectivity index (χ0n) is 16.4. The maximum atomic E-state index is 14.6. The summed E-state index contributed by atoms with van der Waals surface area (Å²) in [6.07, 6.45) is 0.579. The van der Waals surface area contributed by atoms with E-state index in [2.05, 4.69) is 30.7 Å². The lowest BCUT2D eigenvalue weighted by atomic mass is 9.79. The predicted molar refractivity (Wildman–Crippen MR) is 103 cm³/mol. The number of methoxy groups -OCH3 is 1. The molecule has 2 fully saturated rings. The van der Waals surface area contributed by atoms with Crippen LogP contribution in [0.3, 0.4) is 0 Å². The van der Waals surface area contributed by atoms with Crippen molar-refractivity contribution in [3.05, 3.63) is 30.0 Å². The first-order valence-corrected chi connectivity index (χ1v) is 9.79. The molecule has 1 aliphatic carbocycles. The monoisotopic (exact) mass is 437 g/mol. The molecule has 2 atom stereocenters. The van der Waals surface area contributed by atoms with Crippen molar-refractivity contribution in [2.45, 2.75) is 36.9 Å². The topological polar surface area (TPSA) is 89.3 Å². The molecule has 0 amide bonds. The minimum Gasteiger partial charge on any atom is -0.495 e. The van der Waals surface area contributed by atoms with E-state index < -0.39 is 29.9 Å². The summed E-state index contributed by atoms with van der Waals surface area (Å²) in [5.41, 5.74) is 0.825. The number of hydrogen-bond acceptors (Lipinski definition) is 7. The van der Waals surface area contributed by atoms with Crippen LogP contribution in [-0.2, 0) is 0 Å².